The van der Waals surface area contributed by atoms with Gasteiger partial charge in [0.05, 0.1) is 29.9 Å². The molecule has 3 aliphatic heterocycles. The number of benzene rings is 3. The molecule has 264 valence electrons. The maximum Gasteiger partial charge on any atom is 0.387 e. The molecule has 0 N–H and O–H groups in total. The number of halogens is 3. The van der Waals surface area contributed by atoms with Gasteiger partial charge in [0.25, 0.3) is 15.9 Å². The molecular weight excluding hydrogens is 692 g/mol. The lowest BCUT2D eigenvalue weighted by Gasteiger charge is -2.41. The highest BCUT2D eigenvalue weighted by Crippen LogP contribution is 2.57. The normalized spacial score (nSPS) is 22.0. The van der Waals surface area contributed by atoms with Crippen molar-refractivity contribution in [3.8, 4) is 11.5 Å². The summed E-state index contributed by atoms with van der Waals surface area (Å²) in [6.45, 7) is 1.49. The molecule has 3 aromatic carbocycles. The Bertz CT molecular complexity index is 1980. The van der Waals surface area contributed by atoms with Gasteiger partial charge < -0.3 is 18.8 Å². The average Bonchev–Trinajstić information content (AvgIpc) is 3.85. The summed E-state index contributed by atoms with van der Waals surface area (Å²) in [5, 5.41) is 0.299. The number of amides is 1. The van der Waals surface area contributed by atoms with Crippen LogP contribution in [0.15, 0.2) is 82.4 Å². The summed E-state index contributed by atoms with van der Waals surface area (Å²) < 4.78 is 71.9. The lowest BCUT2D eigenvalue weighted by Crippen LogP contribution is -2.54. The van der Waals surface area contributed by atoms with Gasteiger partial charge in [-0.1, -0.05) is 17.7 Å². The van der Waals surface area contributed by atoms with Gasteiger partial charge in [0, 0.05) is 55.4 Å². The maximum absolute atomic E-state index is 15.6. The van der Waals surface area contributed by atoms with E-state index in [4.69, 9.17) is 20.8 Å². The maximum atomic E-state index is 15.6. The van der Waals surface area contributed by atoms with Crippen molar-refractivity contribution in [1.82, 2.24) is 19.7 Å². The third-order valence-electron chi connectivity index (χ3n) is 9.72. The van der Waals surface area contributed by atoms with Crippen molar-refractivity contribution in [2.45, 2.75) is 42.5 Å². The molecule has 0 spiro atoms. The quantitative estimate of drug-likeness (QED) is 0.208. The Kier molecular flexibility index (Phi) is 9.33. The number of hydrogen-bond acceptors (Lipinski definition) is 10. The number of anilines is 1. The van der Waals surface area contributed by atoms with E-state index in [0.717, 1.165) is 60.3 Å². The van der Waals surface area contributed by atoms with Crippen LogP contribution in [0.4, 0.5) is 14.5 Å². The zero-order valence-corrected chi connectivity index (χ0v) is 29.0. The van der Waals surface area contributed by atoms with E-state index >= 15 is 4.79 Å². The molecule has 0 saturated carbocycles. The highest BCUT2D eigenvalue weighted by molar-refractivity contribution is 7.93. The zero-order valence-electron chi connectivity index (χ0n) is 27.5. The molecule has 0 radical (unpaired) electrons. The first-order valence-electron chi connectivity index (χ1n) is 16.2. The molecule has 50 heavy (non-hydrogen) atoms. The van der Waals surface area contributed by atoms with Crippen LogP contribution >= 0.6 is 11.6 Å². The Morgan fingerprint density at radius 2 is 1.78 bits per heavy atom. The van der Waals surface area contributed by atoms with Crippen LogP contribution in [0.3, 0.4) is 0 Å². The Labute approximate surface area is 294 Å². The lowest BCUT2D eigenvalue weighted by atomic mass is 9.80. The van der Waals surface area contributed by atoms with Gasteiger partial charge >= 0.3 is 6.61 Å². The van der Waals surface area contributed by atoms with E-state index < -0.39 is 34.1 Å². The number of likely N-dealkylation sites (N-methyl/N-ethyl adjacent to an activating group) is 1. The van der Waals surface area contributed by atoms with Gasteiger partial charge in [-0.05, 0) is 80.1 Å². The molecule has 7 rings (SSSR count). The van der Waals surface area contributed by atoms with E-state index in [-0.39, 0.29) is 16.3 Å². The fourth-order valence-electron chi connectivity index (χ4n) is 7.40. The minimum absolute atomic E-state index is 0.108. The standard InChI is InChI=1S/C35H36ClF2N5O6S/c1-40-15-17-41(18-16-40)22-23-5-12-31(47-2)28(20-23)35(42-14-3-4-30(42)32-39-13-19-48-32)27-21-24(36)6-11-29(27)43(33(35)44)50(45,46)26-9-7-25(8-10-26)49-34(37)38/h5-13,19-21,30,34H,3-4,14-18,22H2,1-2H3/t30-,35?/m0/s1. The Hall–Kier alpha value is -4.08. The summed E-state index contributed by atoms with van der Waals surface area (Å²) in [4.78, 5) is 26.3. The second-order valence-electron chi connectivity index (χ2n) is 12.6. The molecule has 4 heterocycles. The van der Waals surface area contributed by atoms with Crippen molar-refractivity contribution in [2.75, 3.05) is 51.2 Å². The molecule has 2 atom stereocenters. The van der Waals surface area contributed by atoms with E-state index in [0.29, 0.717) is 53.7 Å². The number of carbonyl (C=O) groups is 1. The first kappa shape index (κ1) is 34.4. The monoisotopic (exact) mass is 727 g/mol. The van der Waals surface area contributed by atoms with E-state index in [1.807, 2.05) is 23.1 Å². The highest BCUT2D eigenvalue weighted by Gasteiger charge is 2.63. The fraction of sp³-hybridized carbons (Fsp3) is 0.371. The average molecular weight is 728 g/mol. The molecule has 1 amide bonds. The molecule has 0 aliphatic carbocycles. The molecule has 1 unspecified atom stereocenters. The van der Waals surface area contributed by atoms with Crippen molar-refractivity contribution in [1.29, 1.82) is 0 Å². The summed E-state index contributed by atoms with van der Waals surface area (Å²) in [7, 11) is -1.02. The van der Waals surface area contributed by atoms with E-state index in [1.54, 1.807) is 6.07 Å². The first-order chi connectivity index (χ1) is 24.0. The Morgan fingerprint density at radius 3 is 2.46 bits per heavy atom. The molecular formula is C35H36ClF2N5O6S. The number of hydrogen-bond donors (Lipinski definition) is 0. The van der Waals surface area contributed by atoms with Gasteiger partial charge in [-0.3, -0.25) is 14.6 Å². The van der Waals surface area contributed by atoms with Gasteiger partial charge in [0.2, 0.25) is 5.89 Å². The molecule has 3 aliphatic rings. The largest absolute Gasteiger partial charge is 0.496 e. The molecule has 1 aromatic heterocycles. The lowest BCUT2D eigenvalue weighted by molar-refractivity contribution is -0.127. The van der Waals surface area contributed by atoms with Crippen LogP contribution in [0.5, 0.6) is 11.5 Å². The number of aromatic nitrogens is 1. The summed E-state index contributed by atoms with van der Waals surface area (Å²) in [5.41, 5.74) is 0.0769. The fourth-order valence-corrected chi connectivity index (χ4v) is 9.03. The van der Waals surface area contributed by atoms with Gasteiger partial charge in [-0.15, -0.1) is 0 Å². The number of likely N-dealkylation sites (tertiary alicyclic amines) is 1. The van der Waals surface area contributed by atoms with Crippen LogP contribution in [0.2, 0.25) is 5.02 Å². The first-order valence-corrected chi connectivity index (χ1v) is 18.0. The Morgan fingerprint density at radius 1 is 1.02 bits per heavy atom. The number of fused-ring (bicyclic) bond motifs is 1. The molecule has 11 nitrogen and oxygen atoms in total. The molecule has 2 saturated heterocycles. The third-order valence-corrected chi connectivity index (χ3v) is 11.7. The topological polar surface area (TPSA) is 109 Å². The number of nitrogens with zero attached hydrogens (tertiary/aromatic N) is 5. The van der Waals surface area contributed by atoms with Crippen molar-refractivity contribution in [2.24, 2.45) is 0 Å². The summed E-state index contributed by atoms with van der Waals surface area (Å²) in [5.74, 6) is -0.212. The van der Waals surface area contributed by atoms with E-state index in [9.17, 15) is 17.2 Å². The van der Waals surface area contributed by atoms with Crippen LogP contribution in [0, 0.1) is 0 Å². The zero-order chi connectivity index (χ0) is 35.2. The van der Waals surface area contributed by atoms with E-state index in [1.165, 1.54) is 31.7 Å². The Balaban J connectivity index is 1.44. The number of carbonyl (C=O) groups excluding carboxylic acids is 1. The number of sulfonamides is 1. The summed E-state index contributed by atoms with van der Waals surface area (Å²) >= 11 is 6.67. The van der Waals surface area contributed by atoms with Crippen LogP contribution in [0.25, 0.3) is 0 Å². The number of alkyl halides is 2. The second kappa shape index (κ2) is 13.6. The summed E-state index contributed by atoms with van der Waals surface area (Å²) in [6.07, 6.45) is 4.26. The van der Waals surface area contributed by atoms with Crippen LogP contribution in [-0.2, 0) is 26.9 Å². The number of ether oxygens (including phenoxy) is 2. The van der Waals surface area contributed by atoms with Crippen molar-refractivity contribution < 1.29 is 35.9 Å². The van der Waals surface area contributed by atoms with Crippen LogP contribution < -0.4 is 13.8 Å². The number of oxazole rings is 1. The van der Waals surface area contributed by atoms with Crippen LogP contribution in [0.1, 0.15) is 41.5 Å². The number of methoxy groups -OCH3 is 1. The van der Waals surface area contributed by atoms with Crippen molar-refractivity contribution in [3.05, 3.63) is 101 Å². The van der Waals surface area contributed by atoms with Crippen molar-refractivity contribution in [3.63, 3.8) is 0 Å². The molecule has 4 aromatic rings. The highest BCUT2D eigenvalue weighted by atomic mass is 35.5. The van der Waals surface area contributed by atoms with Gasteiger partial charge in [-0.25, -0.2) is 17.7 Å². The molecule has 2 fully saturated rings. The minimum Gasteiger partial charge on any atom is -0.496 e. The van der Waals surface area contributed by atoms with Gasteiger partial charge in [0.1, 0.15) is 17.8 Å². The van der Waals surface area contributed by atoms with Crippen molar-refractivity contribution >= 4 is 33.2 Å². The van der Waals surface area contributed by atoms with Crippen LogP contribution in [-0.4, -0.2) is 87.5 Å². The van der Waals surface area contributed by atoms with Gasteiger partial charge in [0.15, 0.2) is 5.54 Å². The third kappa shape index (κ3) is 5.92. The van der Waals surface area contributed by atoms with Gasteiger partial charge in [-0.2, -0.15) is 8.78 Å². The van der Waals surface area contributed by atoms with E-state index in [2.05, 4.69) is 26.6 Å². The molecule has 15 heteroatoms. The molecule has 0 bridgehead atoms. The predicted molar refractivity (Wildman–Crippen MR) is 181 cm³/mol. The minimum atomic E-state index is -4.62. The second-order valence-corrected chi connectivity index (χ2v) is 14.9. The predicted octanol–water partition coefficient (Wildman–Crippen LogP) is 5.50. The number of piperazine rings is 1. The number of rotatable bonds is 10. The summed E-state index contributed by atoms with van der Waals surface area (Å²) in [6, 6.07) is 14.4. The smallest absolute Gasteiger partial charge is 0.387 e. The SMILES string of the molecule is COc1ccc(CN2CCN(C)CC2)cc1C1(N2CCC[C@H]2c2ncco2)C(=O)N(S(=O)(=O)c2ccc(OC(F)F)cc2)c2ccc(Cl)cc21.